The molecule has 1 heterocycles. The van der Waals surface area contributed by atoms with Crippen LogP contribution >= 0.6 is 0 Å². The minimum atomic E-state index is -0.322. The summed E-state index contributed by atoms with van der Waals surface area (Å²) in [5, 5.41) is 4.14. The number of benzene rings is 2. The highest BCUT2D eigenvalue weighted by molar-refractivity contribution is 6.02. The number of methoxy groups -OCH3 is 1. The van der Waals surface area contributed by atoms with Crippen LogP contribution in [0.4, 0.5) is 0 Å². The number of para-hydroxylation sites is 1. The summed E-state index contributed by atoms with van der Waals surface area (Å²) < 4.78 is 15.8. The van der Waals surface area contributed by atoms with Gasteiger partial charge in [0, 0.05) is 11.1 Å². The van der Waals surface area contributed by atoms with Crippen LogP contribution in [0.25, 0.3) is 0 Å². The molecular weight excluding hydrogens is 296 g/mol. The van der Waals surface area contributed by atoms with E-state index in [4.69, 9.17) is 14.2 Å². The molecule has 0 fully saturated rings. The van der Waals surface area contributed by atoms with Gasteiger partial charge in [0.05, 0.1) is 12.8 Å². The molecule has 1 N–H and O–H groups in total. The summed E-state index contributed by atoms with van der Waals surface area (Å²) >= 11 is 0. The van der Waals surface area contributed by atoms with E-state index in [1.807, 2.05) is 24.3 Å². The molecule has 0 atom stereocenters. The number of nitrogens with zero attached hydrogens (tertiary/aromatic N) is 1. The second-order valence-electron chi connectivity index (χ2n) is 4.91. The van der Waals surface area contributed by atoms with Gasteiger partial charge in [-0.1, -0.05) is 12.1 Å². The van der Waals surface area contributed by atoms with Crippen LogP contribution in [0, 0.1) is 0 Å². The van der Waals surface area contributed by atoms with Crippen molar-refractivity contribution in [1.82, 2.24) is 5.43 Å². The average Bonchev–Trinajstić information content (AvgIpc) is 3.06. The Bertz CT molecular complexity index is 771. The third-order valence-corrected chi connectivity index (χ3v) is 3.46. The maximum atomic E-state index is 12.2. The number of ether oxygens (including phenoxy) is 3. The summed E-state index contributed by atoms with van der Waals surface area (Å²) in [6.07, 6.45) is 0. The Labute approximate surface area is 133 Å². The molecule has 0 saturated heterocycles. The fraction of sp³-hybridized carbons (Fsp3) is 0.176. The van der Waals surface area contributed by atoms with Gasteiger partial charge < -0.3 is 14.2 Å². The minimum Gasteiger partial charge on any atom is -0.496 e. The normalized spacial score (nSPS) is 12.9. The fourth-order valence-electron chi connectivity index (χ4n) is 2.24. The second kappa shape index (κ2) is 6.39. The van der Waals surface area contributed by atoms with E-state index in [2.05, 4.69) is 10.5 Å². The number of hydrogen-bond donors (Lipinski definition) is 1. The Morgan fingerprint density at radius 3 is 2.78 bits per heavy atom. The predicted molar refractivity (Wildman–Crippen MR) is 85.2 cm³/mol. The molecule has 3 rings (SSSR count). The standard InChI is InChI=1S/C17H16N2O4/c1-11(13-5-3-4-6-14(13)21-2)18-19-17(20)12-7-8-15-16(9-12)23-10-22-15/h3-9H,10H2,1-2H3,(H,19,20)/b18-11-. The first-order valence-corrected chi connectivity index (χ1v) is 7.06. The van der Waals surface area contributed by atoms with E-state index in [1.54, 1.807) is 32.2 Å². The molecule has 0 spiro atoms. The van der Waals surface area contributed by atoms with E-state index in [0.29, 0.717) is 28.5 Å². The molecule has 1 aliphatic rings. The lowest BCUT2D eigenvalue weighted by molar-refractivity contribution is 0.0954. The van der Waals surface area contributed by atoms with Crippen LogP contribution < -0.4 is 19.6 Å². The van der Waals surface area contributed by atoms with Crippen molar-refractivity contribution in [2.75, 3.05) is 13.9 Å². The van der Waals surface area contributed by atoms with Crippen molar-refractivity contribution in [3.05, 3.63) is 53.6 Å². The maximum absolute atomic E-state index is 12.2. The van der Waals surface area contributed by atoms with Gasteiger partial charge >= 0.3 is 0 Å². The molecule has 0 aromatic heterocycles. The first-order chi connectivity index (χ1) is 11.2. The number of rotatable bonds is 4. The van der Waals surface area contributed by atoms with Gasteiger partial charge in [-0.15, -0.1) is 0 Å². The van der Waals surface area contributed by atoms with Gasteiger partial charge in [0.25, 0.3) is 5.91 Å². The lowest BCUT2D eigenvalue weighted by atomic mass is 10.1. The van der Waals surface area contributed by atoms with Crippen LogP contribution in [0.3, 0.4) is 0 Å². The molecule has 2 aromatic rings. The van der Waals surface area contributed by atoms with E-state index < -0.39 is 0 Å². The first-order valence-electron chi connectivity index (χ1n) is 7.06. The monoisotopic (exact) mass is 312 g/mol. The van der Waals surface area contributed by atoms with E-state index in [-0.39, 0.29) is 12.7 Å². The molecule has 2 aromatic carbocycles. The highest BCUT2D eigenvalue weighted by Gasteiger charge is 2.16. The van der Waals surface area contributed by atoms with Crippen molar-refractivity contribution < 1.29 is 19.0 Å². The Balaban J connectivity index is 1.75. The van der Waals surface area contributed by atoms with E-state index in [0.717, 1.165) is 5.56 Å². The van der Waals surface area contributed by atoms with Crippen LogP contribution in [0.15, 0.2) is 47.6 Å². The number of carbonyl (C=O) groups is 1. The van der Waals surface area contributed by atoms with E-state index in [9.17, 15) is 4.79 Å². The highest BCUT2D eigenvalue weighted by atomic mass is 16.7. The average molecular weight is 312 g/mol. The molecule has 0 bridgehead atoms. The van der Waals surface area contributed by atoms with Gasteiger partial charge in [-0.2, -0.15) is 5.10 Å². The maximum Gasteiger partial charge on any atom is 0.271 e. The number of hydrogen-bond acceptors (Lipinski definition) is 5. The molecule has 0 radical (unpaired) electrons. The smallest absolute Gasteiger partial charge is 0.271 e. The molecule has 6 nitrogen and oxygen atoms in total. The van der Waals surface area contributed by atoms with Crippen molar-refractivity contribution in [1.29, 1.82) is 0 Å². The molecule has 0 unspecified atom stereocenters. The Kier molecular flexibility index (Phi) is 4.14. The molecular formula is C17H16N2O4. The molecule has 118 valence electrons. The van der Waals surface area contributed by atoms with Crippen LogP contribution in [-0.2, 0) is 0 Å². The van der Waals surface area contributed by atoms with Crippen molar-refractivity contribution in [2.24, 2.45) is 5.10 Å². The van der Waals surface area contributed by atoms with Crippen molar-refractivity contribution in [2.45, 2.75) is 6.92 Å². The molecule has 0 aliphatic carbocycles. The second-order valence-corrected chi connectivity index (χ2v) is 4.91. The SMILES string of the molecule is COc1ccccc1/C(C)=N\NC(=O)c1ccc2c(c1)OCO2. The molecule has 1 aliphatic heterocycles. The first kappa shape index (κ1) is 14.9. The molecule has 1 amide bonds. The van der Waals surface area contributed by atoms with Gasteiger partial charge in [0.15, 0.2) is 11.5 Å². The molecule has 23 heavy (non-hydrogen) atoms. The number of hydrazone groups is 1. The highest BCUT2D eigenvalue weighted by Crippen LogP contribution is 2.32. The zero-order valence-electron chi connectivity index (χ0n) is 12.8. The largest absolute Gasteiger partial charge is 0.496 e. The zero-order valence-corrected chi connectivity index (χ0v) is 12.8. The zero-order chi connectivity index (χ0) is 16.2. The van der Waals surface area contributed by atoms with Crippen LogP contribution in [0.5, 0.6) is 17.2 Å². The summed E-state index contributed by atoms with van der Waals surface area (Å²) in [5.74, 6) is 1.57. The van der Waals surface area contributed by atoms with Gasteiger partial charge in [0.1, 0.15) is 5.75 Å². The van der Waals surface area contributed by atoms with Crippen LogP contribution in [0.1, 0.15) is 22.8 Å². The van der Waals surface area contributed by atoms with Gasteiger partial charge in [0.2, 0.25) is 6.79 Å². The van der Waals surface area contributed by atoms with Crippen LogP contribution in [-0.4, -0.2) is 25.5 Å². The third kappa shape index (κ3) is 3.11. The number of fused-ring (bicyclic) bond motifs is 1. The fourth-order valence-corrected chi connectivity index (χ4v) is 2.24. The topological polar surface area (TPSA) is 69.2 Å². The lowest BCUT2D eigenvalue weighted by Gasteiger charge is -2.08. The van der Waals surface area contributed by atoms with E-state index >= 15 is 0 Å². The number of nitrogens with one attached hydrogen (secondary N) is 1. The van der Waals surface area contributed by atoms with Crippen molar-refractivity contribution >= 4 is 11.6 Å². The summed E-state index contributed by atoms with van der Waals surface area (Å²) in [7, 11) is 1.59. The van der Waals surface area contributed by atoms with Gasteiger partial charge in [-0.25, -0.2) is 5.43 Å². The summed E-state index contributed by atoms with van der Waals surface area (Å²) in [5.41, 5.74) is 4.46. The van der Waals surface area contributed by atoms with Crippen molar-refractivity contribution in [3.63, 3.8) is 0 Å². The van der Waals surface area contributed by atoms with Gasteiger partial charge in [-0.05, 0) is 37.3 Å². The lowest BCUT2D eigenvalue weighted by Crippen LogP contribution is -2.19. The van der Waals surface area contributed by atoms with Gasteiger partial charge in [-0.3, -0.25) is 4.79 Å². The third-order valence-electron chi connectivity index (χ3n) is 3.46. The number of amides is 1. The van der Waals surface area contributed by atoms with Crippen molar-refractivity contribution in [3.8, 4) is 17.2 Å². The Morgan fingerprint density at radius 2 is 1.96 bits per heavy atom. The quantitative estimate of drug-likeness (QED) is 0.696. The summed E-state index contributed by atoms with van der Waals surface area (Å²) in [6.45, 7) is 1.98. The summed E-state index contributed by atoms with van der Waals surface area (Å²) in [6, 6.07) is 12.5. The molecule has 0 saturated carbocycles. The predicted octanol–water partition coefficient (Wildman–Crippen LogP) is 2.58. The summed E-state index contributed by atoms with van der Waals surface area (Å²) in [4.78, 5) is 12.2. The Hall–Kier alpha value is -3.02. The number of carbonyl (C=O) groups excluding carboxylic acids is 1. The Morgan fingerprint density at radius 1 is 1.17 bits per heavy atom. The van der Waals surface area contributed by atoms with Crippen LogP contribution in [0.2, 0.25) is 0 Å². The van der Waals surface area contributed by atoms with E-state index in [1.165, 1.54) is 0 Å². The molecule has 6 heteroatoms. The minimum absolute atomic E-state index is 0.172.